The molecule has 0 fully saturated rings. The van der Waals surface area contributed by atoms with Gasteiger partial charge in [-0.3, -0.25) is 4.79 Å². The summed E-state index contributed by atoms with van der Waals surface area (Å²) >= 11 is 0. The van der Waals surface area contributed by atoms with Crippen LogP contribution in [-0.2, 0) is 17.1 Å². The van der Waals surface area contributed by atoms with Crippen molar-refractivity contribution >= 4 is 27.6 Å². The monoisotopic (exact) mass is 536 g/mol. The molecule has 1 aromatic carbocycles. The maximum atomic E-state index is 13.5. The Morgan fingerprint density at radius 1 is 1.32 bits per heavy atom. The number of amides is 3. The number of benzene rings is 1. The van der Waals surface area contributed by atoms with Gasteiger partial charge in [0.2, 0.25) is 0 Å². The average Bonchev–Trinajstić information content (AvgIpc) is 3.27. The van der Waals surface area contributed by atoms with Crippen LogP contribution in [0, 0.1) is 5.92 Å². The zero-order chi connectivity index (χ0) is 27.5. The Kier molecular flexibility index (Phi) is 8.82. The highest BCUT2D eigenvalue weighted by Crippen LogP contribution is 2.35. The maximum Gasteiger partial charge on any atom is 0.319 e. The number of nitrogens with one attached hydrogen (secondary N) is 2. The van der Waals surface area contributed by atoms with E-state index in [1.165, 1.54) is 23.9 Å². The third-order valence-corrected chi connectivity index (χ3v) is 7.86. The Morgan fingerprint density at radius 3 is 2.62 bits per heavy atom. The van der Waals surface area contributed by atoms with Gasteiger partial charge in [-0.15, -0.1) is 0 Å². The summed E-state index contributed by atoms with van der Waals surface area (Å²) in [7, 11) is -0.781. The number of carbonyl (C=O) groups is 2. The van der Waals surface area contributed by atoms with Crippen LogP contribution in [0.3, 0.4) is 0 Å². The number of hydrogen-bond acceptors (Lipinski definition) is 7. The first-order valence-corrected chi connectivity index (χ1v) is 13.5. The second kappa shape index (κ2) is 11.5. The number of para-hydroxylation sites is 1. The second-order valence-corrected chi connectivity index (χ2v) is 11.7. The van der Waals surface area contributed by atoms with E-state index in [-0.39, 0.29) is 59.6 Å². The molecular formula is C24H36N6O6S. The molecular weight excluding hydrogens is 500 g/mol. The predicted molar refractivity (Wildman–Crippen MR) is 138 cm³/mol. The van der Waals surface area contributed by atoms with Crippen LogP contribution in [0.5, 0.6) is 5.75 Å². The molecule has 1 aliphatic rings. The molecule has 204 valence electrons. The number of anilines is 1. The van der Waals surface area contributed by atoms with Gasteiger partial charge in [0.1, 0.15) is 6.10 Å². The van der Waals surface area contributed by atoms with Crippen LogP contribution in [0.15, 0.2) is 35.7 Å². The van der Waals surface area contributed by atoms with Gasteiger partial charge in [0.15, 0.2) is 10.8 Å². The van der Waals surface area contributed by atoms with Gasteiger partial charge < -0.3 is 29.9 Å². The van der Waals surface area contributed by atoms with Crippen molar-refractivity contribution in [2.24, 2.45) is 13.0 Å². The molecule has 0 spiro atoms. The molecule has 0 radical (unpaired) electrons. The Hall–Kier alpha value is -3.16. The lowest BCUT2D eigenvalue weighted by Crippen LogP contribution is -2.50. The number of nitrogens with zero attached hydrogens (tertiary/aromatic N) is 4. The molecule has 0 saturated heterocycles. The lowest BCUT2D eigenvalue weighted by molar-refractivity contribution is 0.0389. The number of likely N-dealkylation sites (N-methyl/N-ethyl adjacent to an activating group) is 1. The quantitative estimate of drug-likeness (QED) is 0.463. The molecule has 1 aliphatic heterocycles. The number of aromatic nitrogens is 2. The molecule has 3 amide bonds. The van der Waals surface area contributed by atoms with Crippen molar-refractivity contribution in [3.63, 3.8) is 0 Å². The standard InChI is InChI=1S/C24H36N6O6S/c1-15(2)26-24(33)27-19-9-7-8-18-22(19)36-20(16(3)10-30(23(18)32)17(4)13-31)11-29(6)37(34,35)21-12-28(5)14-25-21/h7-9,12,14-17,20,31H,10-11,13H2,1-6H3,(H2,26,27,33)/t16-,17-,20+/m0/s1. The number of rotatable bonds is 8. The van der Waals surface area contributed by atoms with Crippen molar-refractivity contribution in [1.29, 1.82) is 0 Å². The van der Waals surface area contributed by atoms with E-state index in [9.17, 15) is 23.1 Å². The minimum absolute atomic E-state index is 0.0401. The Bertz CT molecular complexity index is 1230. The fourth-order valence-electron chi connectivity index (χ4n) is 4.01. The summed E-state index contributed by atoms with van der Waals surface area (Å²) in [5, 5.41) is 15.2. The van der Waals surface area contributed by atoms with E-state index in [2.05, 4.69) is 15.6 Å². The number of aliphatic hydroxyl groups is 1. The molecule has 3 N–H and O–H groups in total. The number of urea groups is 1. The van der Waals surface area contributed by atoms with Gasteiger partial charge in [0.05, 0.1) is 36.8 Å². The zero-order valence-electron chi connectivity index (χ0n) is 22.0. The number of hydrogen-bond donors (Lipinski definition) is 3. The van der Waals surface area contributed by atoms with Crippen LogP contribution < -0.4 is 15.4 Å². The molecule has 1 aromatic heterocycles. The number of imidazole rings is 1. The van der Waals surface area contributed by atoms with E-state index in [4.69, 9.17) is 4.74 Å². The van der Waals surface area contributed by atoms with Crippen molar-refractivity contribution in [3.8, 4) is 5.75 Å². The van der Waals surface area contributed by atoms with E-state index in [1.807, 2.05) is 20.8 Å². The van der Waals surface area contributed by atoms with Crippen molar-refractivity contribution in [2.75, 3.05) is 32.1 Å². The smallest absolute Gasteiger partial charge is 0.319 e. The fourth-order valence-corrected chi connectivity index (χ4v) is 5.16. The molecule has 2 aromatic rings. The van der Waals surface area contributed by atoms with Crippen LogP contribution in [0.25, 0.3) is 0 Å². The molecule has 3 rings (SSSR count). The number of ether oxygens (including phenoxy) is 1. The largest absolute Gasteiger partial charge is 0.486 e. The Labute approximate surface area is 217 Å². The van der Waals surface area contributed by atoms with Crippen molar-refractivity contribution in [2.45, 2.75) is 50.9 Å². The first kappa shape index (κ1) is 28.4. The number of carbonyl (C=O) groups excluding carboxylic acids is 2. The highest BCUT2D eigenvalue weighted by atomic mass is 32.2. The normalized spacial score (nSPS) is 19.2. The van der Waals surface area contributed by atoms with Crippen LogP contribution in [0.2, 0.25) is 0 Å². The molecule has 37 heavy (non-hydrogen) atoms. The summed E-state index contributed by atoms with van der Waals surface area (Å²) in [5.74, 6) is -0.545. The summed E-state index contributed by atoms with van der Waals surface area (Å²) in [4.78, 5) is 31.5. The first-order valence-electron chi connectivity index (χ1n) is 12.1. The molecule has 2 heterocycles. The number of aliphatic hydroxyl groups excluding tert-OH is 1. The molecule has 0 saturated carbocycles. The van der Waals surface area contributed by atoms with E-state index >= 15 is 0 Å². The minimum atomic E-state index is -3.91. The van der Waals surface area contributed by atoms with Gasteiger partial charge in [-0.25, -0.2) is 18.2 Å². The summed E-state index contributed by atoms with van der Waals surface area (Å²) in [6, 6.07) is 3.75. The SMILES string of the molecule is CC(C)NC(=O)Nc1cccc2c1O[C@H](CN(C)S(=O)(=O)c1cn(C)cn1)[C@@H](C)CN([C@@H](C)CO)C2=O. The van der Waals surface area contributed by atoms with Gasteiger partial charge in [-0.1, -0.05) is 13.0 Å². The van der Waals surface area contributed by atoms with E-state index in [0.717, 1.165) is 0 Å². The molecule has 3 atom stereocenters. The van der Waals surface area contributed by atoms with Crippen molar-refractivity contribution < 1.29 is 27.9 Å². The topological polar surface area (TPSA) is 146 Å². The number of aryl methyl sites for hydroxylation is 1. The summed E-state index contributed by atoms with van der Waals surface area (Å²) in [6.45, 7) is 7.16. The van der Waals surface area contributed by atoms with Gasteiger partial charge in [0.25, 0.3) is 15.9 Å². The zero-order valence-corrected chi connectivity index (χ0v) is 22.8. The highest BCUT2D eigenvalue weighted by Gasteiger charge is 2.36. The minimum Gasteiger partial charge on any atom is -0.486 e. The number of fused-ring (bicyclic) bond motifs is 1. The highest BCUT2D eigenvalue weighted by molar-refractivity contribution is 7.89. The molecule has 0 bridgehead atoms. The van der Waals surface area contributed by atoms with Crippen LogP contribution >= 0.6 is 0 Å². The van der Waals surface area contributed by atoms with Gasteiger partial charge in [0, 0.05) is 38.8 Å². The Morgan fingerprint density at radius 2 is 2.03 bits per heavy atom. The lowest BCUT2D eigenvalue weighted by Gasteiger charge is -2.38. The molecule has 0 unspecified atom stereocenters. The molecule has 13 heteroatoms. The third-order valence-electron chi connectivity index (χ3n) is 6.15. The average molecular weight is 537 g/mol. The van der Waals surface area contributed by atoms with Crippen LogP contribution in [0.4, 0.5) is 10.5 Å². The van der Waals surface area contributed by atoms with E-state index < -0.39 is 28.2 Å². The van der Waals surface area contributed by atoms with Crippen molar-refractivity contribution in [1.82, 2.24) is 24.1 Å². The summed E-state index contributed by atoms with van der Waals surface area (Å²) < 4.78 is 35.3. The third kappa shape index (κ3) is 6.40. The van der Waals surface area contributed by atoms with Gasteiger partial charge in [-0.05, 0) is 32.9 Å². The van der Waals surface area contributed by atoms with Crippen LogP contribution in [-0.4, -0.2) is 89.2 Å². The summed E-state index contributed by atoms with van der Waals surface area (Å²) in [6.07, 6.45) is 2.13. The van der Waals surface area contributed by atoms with E-state index in [0.29, 0.717) is 0 Å². The van der Waals surface area contributed by atoms with Gasteiger partial charge in [-0.2, -0.15) is 4.31 Å². The fraction of sp³-hybridized carbons (Fsp3) is 0.542. The lowest BCUT2D eigenvalue weighted by atomic mass is 9.99. The van der Waals surface area contributed by atoms with Gasteiger partial charge >= 0.3 is 6.03 Å². The predicted octanol–water partition coefficient (Wildman–Crippen LogP) is 1.49. The first-order chi connectivity index (χ1) is 17.3. The molecule has 12 nitrogen and oxygen atoms in total. The van der Waals surface area contributed by atoms with E-state index in [1.54, 1.807) is 41.6 Å². The van der Waals surface area contributed by atoms with Crippen LogP contribution in [0.1, 0.15) is 38.1 Å². The number of sulfonamides is 1. The maximum absolute atomic E-state index is 13.5. The van der Waals surface area contributed by atoms with Crippen molar-refractivity contribution in [3.05, 3.63) is 36.3 Å². The molecule has 0 aliphatic carbocycles. The Balaban J connectivity index is 2.02. The second-order valence-electron chi connectivity index (χ2n) is 9.72. The summed E-state index contributed by atoms with van der Waals surface area (Å²) in [5.41, 5.74) is 0.477.